The lowest BCUT2D eigenvalue weighted by Gasteiger charge is -2.22. The molecule has 6 N–H and O–H groups in total. The van der Waals surface area contributed by atoms with Crippen LogP contribution in [0.15, 0.2) is 12.1 Å². The molecule has 1 aromatic rings. The van der Waals surface area contributed by atoms with Gasteiger partial charge in [0, 0.05) is 23.2 Å². The van der Waals surface area contributed by atoms with Gasteiger partial charge in [-0.15, -0.1) is 0 Å². The van der Waals surface area contributed by atoms with Crippen molar-refractivity contribution < 1.29 is 29.3 Å². The fourth-order valence-corrected chi connectivity index (χ4v) is 4.15. The van der Waals surface area contributed by atoms with E-state index < -0.39 is 24.0 Å². The van der Waals surface area contributed by atoms with Crippen molar-refractivity contribution in [1.29, 1.82) is 0 Å². The van der Waals surface area contributed by atoms with Gasteiger partial charge in [0.05, 0.1) is 26.1 Å². The second-order valence-corrected chi connectivity index (χ2v) is 9.57. The van der Waals surface area contributed by atoms with Gasteiger partial charge in [-0.25, -0.2) is 0 Å². The van der Waals surface area contributed by atoms with Crippen molar-refractivity contribution in [2.45, 2.75) is 116 Å². The zero-order valence-corrected chi connectivity index (χ0v) is 22.3. The van der Waals surface area contributed by atoms with E-state index in [0.29, 0.717) is 35.8 Å². The summed E-state index contributed by atoms with van der Waals surface area (Å²) in [5.41, 5.74) is 13.5. The predicted molar refractivity (Wildman–Crippen MR) is 143 cm³/mol. The minimum atomic E-state index is -1.01. The number of benzene rings is 1. The molecule has 206 valence electrons. The summed E-state index contributed by atoms with van der Waals surface area (Å²) in [6.45, 7) is 5.28. The highest BCUT2D eigenvalue weighted by Crippen LogP contribution is 2.37. The summed E-state index contributed by atoms with van der Waals surface area (Å²) in [4.78, 5) is 22.7. The lowest BCUT2D eigenvalue weighted by atomic mass is 9.96. The monoisotopic (exact) mass is 508 g/mol. The number of carboxylic acid groups (broad SMARTS) is 2. The quantitative estimate of drug-likeness (QED) is 0.137. The molecule has 0 aromatic heterocycles. The van der Waals surface area contributed by atoms with Crippen molar-refractivity contribution >= 4 is 11.9 Å². The number of carbonyl (C=O) groups is 2. The molecular formula is C28H48N2O6. The number of hydrogen-bond donors (Lipinski definition) is 4. The molecule has 0 heterocycles. The van der Waals surface area contributed by atoms with E-state index in [-0.39, 0.29) is 12.8 Å². The van der Waals surface area contributed by atoms with Gasteiger partial charge in [0.2, 0.25) is 0 Å². The zero-order chi connectivity index (χ0) is 26.8. The molecule has 1 rings (SSSR count). The number of ether oxygens (including phenoxy) is 2. The van der Waals surface area contributed by atoms with Crippen molar-refractivity contribution in [3.63, 3.8) is 0 Å². The third-order valence-electron chi connectivity index (χ3n) is 6.24. The van der Waals surface area contributed by atoms with E-state index in [0.717, 1.165) is 38.5 Å². The first kappa shape index (κ1) is 31.7. The lowest BCUT2D eigenvalue weighted by Crippen LogP contribution is -2.20. The van der Waals surface area contributed by atoms with Crippen LogP contribution in [0.4, 0.5) is 0 Å². The average Bonchev–Trinajstić information content (AvgIpc) is 2.82. The largest absolute Gasteiger partial charge is 0.493 e. The summed E-state index contributed by atoms with van der Waals surface area (Å²) in [6, 6.07) is 1.81. The molecule has 2 unspecified atom stereocenters. The molecule has 0 spiro atoms. The predicted octanol–water partition coefficient (Wildman–Crippen LogP) is 6.11. The van der Waals surface area contributed by atoms with Gasteiger partial charge in [0.15, 0.2) is 0 Å². The first-order valence-electron chi connectivity index (χ1n) is 13.7. The van der Waals surface area contributed by atoms with E-state index in [2.05, 4.69) is 13.8 Å². The fourth-order valence-electron chi connectivity index (χ4n) is 4.15. The van der Waals surface area contributed by atoms with Crippen LogP contribution in [0.25, 0.3) is 0 Å². The molecule has 0 saturated carbocycles. The normalized spacial score (nSPS) is 12.8. The Morgan fingerprint density at radius 1 is 0.667 bits per heavy atom. The topological polar surface area (TPSA) is 145 Å². The Kier molecular flexibility index (Phi) is 16.6. The second kappa shape index (κ2) is 18.9. The van der Waals surface area contributed by atoms with Gasteiger partial charge in [-0.05, 0) is 25.0 Å². The van der Waals surface area contributed by atoms with Crippen molar-refractivity contribution in [1.82, 2.24) is 0 Å². The molecule has 0 aliphatic heterocycles. The Hall–Kier alpha value is -2.32. The first-order valence-corrected chi connectivity index (χ1v) is 13.7. The molecule has 2 atom stereocenters. The number of hydrogen-bond acceptors (Lipinski definition) is 6. The van der Waals surface area contributed by atoms with Gasteiger partial charge < -0.3 is 31.2 Å². The number of aliphatic carboxylic acids is 2. The summed E-state index contributed by atoms with van der Waals surface area (Å²) in [7, 11) is 0. The van der Waals surface area contributed by atoms with Crippen LogP contribution in [-0.4, -0.2) is 35.4 Å². The van der Waals surface area contributed by atoms with Gasteiger partial charge in [0.25, 0.3) is 0 Å². The molecule has 1 aromatic carbocycles. The highest BCUT2D eigenvalue weighted by atomic mass is 16.5. The lowest BCUT2D eigenvalue weighted by molar-refractivity contribution is -0.138. The molecule has 0 fully saturated rings. The highest BCUT2D eigenvalue weighted by molar-refractivity contribution is 5.69. The maximum absolute atomic E-state index is 11.3. The van der Waals surface area contributed by atoms with Gasteiger partial charge in [-0.3, -0.25) is 9.59 Å². The zero-order valence-electron chi connectivity index (χ0n) is 22.3. The van der Waals surface area contributed by atoms with E-state index in [9.17, 15) is 19.8 Å². The molecule has 0 bridgehead atoms. The summed E-state index contributed by atoms with van der Waals surface area (Å²) >= 11 is 0. The Morgan fingerprint density at radius 2 is 1.00 bits per heavy atom. The van der Waals surface area contributed by atoms with Crippen LogP contribution in [0, 0.1) is 0 Å². The van der Waals surface area contributed by atoms with Crippen molar-refractivity contribution in [3.05, 3.63) is 23.3 Å². The fraction of sp³-hybridized carbons (Fsp3) is 0.714. The van der Waals surface area contributed by atoms with E-state index >= 15 is 0 Å². The standard InChI is InChI=1S/C28H48N2O6/c1-3-5-7-9-11-13-15-35-25-17-22(24(30)20-28(33)34)26(18-21(25)23(29)19-27(31)32)36-16-14-12-10-8-6-4-2/h17-18,23-24H,3-16,19-20,29-30H2,1-2H3,(H,31,32)(H,33,34). The van der Waals surface area contributed by atoms with Gasteiger partial charge >= 0.3 is 11.9 Å². The molecule has 0 aliphatic rings. The Balaban J connectivity index is 3.05. The summed E-state index contributed by atoms with van der Waals surface area (Å²) in [5.74, 6) is -1.13. The average molecular weight is 509 g/mol. The molecule has 0 aliphatic carbocycles. The number of carboxylic acids is 2. The van der Waals surface area contributed by atoms with E-state index in [4.69, 9.17) is 20.9 Å². The Labute approximate surface area is 216 Å². The van der Waals surface area contributed by atoms with Crippen molar-refractivity contribution in [3.8, 4) is 11.5 Å². The maximum atomic E-state index is 11.3. The second-order valence-electron chi connectivity index (χ2n) is 9.57. The van der Waals surface area contributed by atoms with Crippen LogP contribution in [0.5, 0.6) is 11.5 Å². The highest BCUT2D eigenvalue weighted by Gasteiger charge is 2.23. The molecular weight excluding hydrogens is 460 g/mol. The minimum Gasteiger partial charge on any atom is -0.493 e. The third kappa shape index (κ3) is 13.1. The third-order valence-corrected chi connectivity index (χ3v) is 6.24. The van der Waals surface area contributed by atoms with Gasteiger partial charge in [-0.1, -0.05) is 78.1 Å². The minimum absolute atomic E-state index is 0.259. The maximum Gasteiger partial charge on any atom is 0.305 e. The molecule has 0 amide bonds. The first-order chi connectivity index (χ1) is 17.3. The molecule has 0 radical (unpaired) electrons. The molecule has 0 saturated heterocycles. The van der Waals surface area contributed by atoms with Crippen LogP contribution in [0.3, 0.4) is 0 Å². The summed E-state index contributed by atoms with van der Waals surface area (Å²) < 4.78 is 12.1. The Bertz CT molecular complexity index is 707. The van der Waals surface area contributed by atoms with Crippen LogP contribution < -0.4 is 20.9 Å². The van der Waals surface area contributed by atoms with Crippen LogP contribution in [0.2, 0.25) is 0 Å². The van der Waals surface area contributed by atoms with Crippen molar-refractivity contribution in [2.75, 3.05) is 13.2 Å². The van der Waals surface area contributed by atoms with E-state index in [1.807, 2.05) is 0 Å². The number of unbranched alkanes of at least 4 members (excludes halogenated alkanes) is 10. The van der Waals surface area contributed by atoms with E-state index in [1.54, 1.807) is 12.1 Å². The Morgan fingerprint density at radius 3 is 1.33 bits per heavy atom. The smallest absolute Gasteiger partial charge is 0.305 e. The van der Waals surface area contributed by atoms with Crippen LogP contribution in [-0.2, 0) is 9.59 Å². The van der Waals surface area contributed by atoms with Crippen LogP contribution in [0.1, 0.15) is 127 Å². The molecule has 8 heteroatoms. The SMILES string of the molecule is CCCCCCCCOc1cc(C(N)CC(=O)O)c(OCCCCCCCC)cc1C(N)CC(=O)O. The van der Waals surface area contributed by atoms with E-state index in [1.165, 1.54) is 38.5 Å². The summed E-state index contributed by atoms with van der Waals surface area (Å²) in [6.07, 6.45) is 12.8. The number of nitrogens with two attached hydrogens (primary N) is 2. The molecule has 8 nitrogen and oxygen atoms in total. The number of rotatable bonds is 22. The van der Waals surface area contributed by atoms with Gasteiger partial charge in [-0.2, -0.15) is 0 Å². The van der Waals surface area contributed by atoms with Crippen LogP contribution >= 0.6 is 0 Å². The summed E-state index contributed by atoms with van der Waals surface area (Å²) in [5, 5.41) is 18.6. The molecule has 36 heavy (non-hydrogen) atoms. The van der Waals surface area contributed by atoms with Crippen molar-refractivity contribution in [2.24, 2.45) is 11.5 Å². The van der Waals surface area contributed by atoms with Gasteiger partial charge in [0.1, 0.15) is 11.5 Å².